The second-order valence-electron chi connectivity index (χ2n) is 6.91. The van der Waals surface area contributed by atoms with Gasteiger partial charge in [-0.2, -0.15) is 4.98 Å². The number of oxazole rings is 1. The van der Waals surface area contributed by atoms with Crippen LogP contribution < -0.4 is 26.0 Å². The third-order valence-corrected chi connectivity index (χ3v) is 5.10. The normalized spacial score (nSPS) is 18.6. The van der Waals surface area contributed by atoms with Crippen LogP contribution in [0.25, 0.3) is 23.2 Å². The van der Waals surface area contributed by atoms with Crippen LogP contribution in [0.4, 0.5) is 6.01 Å². The number of aromatic nitrogens is 3. The molecule has 3 heterocycles. The molecule has 0 radical (unpaired) electrons. The summed E-state index contributed by atoms with van der Waals surface area (Å²) in [5, 5.41) is 0.793. The number of ether oxygens (including phenoxy) is 2. The minimum absolute atomic E-state index is 0.122. The van der Waals surface area contributed by atoms with Gasteiger partial charge in [0, 0.05) is 24.6 Å². The molecule has 1 aromatic carbocycles. The molecule has 3 aromatic rings. The van der Waals surface area contributed by atoms with Gasteiger partial charge < -0.3 is 24.2 Å². The van der Waals surface area contributed by atoms with Crippen LogP contribution in [-0.4, -0.2) is 27.7 Å². The van der Waals surface area contributed by atoms with E-state index in [4.69, 9.17) is 24.6 Å². The number of anilines is 1. The predicted molar refractivity (Wildman–Crippen MR) is 102 cm³/mol. The summed E-state index contributed by atoms with van der Waals surface area (Å²) in [6.45, 7) is 4.23. The molecule has 1 aliphatic carbocycles. The van der Waals surface area contributed by atoms with Crippen molar-refractivity contribution < 1.29 is 13.9 Å². The van der Waals surface area contributed by atoms with Gasteiger partial charge in [0.05, 0.1) is 18.7 Å². The minimum Gasteiger partial charge on any atom is -0.494 e. The molecule has 7 heteroatoms. The Kier molecular flexibility index (Phi) is 3.81. The molecule has 7 nitrogen and oxygen atoms in total. The van der Waals surface area contributed by atoms with E-state index < -0.39 is 0 Å². The van der Waals surface area contributed by atoms with Crippen molar-refractivity contribution in [3.05, 3.63) is 28.7 Å². The highest BCUT2D eigenvalue weighted by Gasteiger charge is 2.24. The highest BCUT2D eigenvalue weighted by Crippen LogP contribution is 2.36. The Bertz CT molecular complexity index is 1130. The Balaban J connectivity index is 1.68. The Labute approximate surface area is 156 Å². The van der Waals surface area contributed by atoms with Crippen LogP contribution in [0.2, 0.25) is 0 Å². The van der Waals surface area contributed by atoms with Crippen LogP contribution >= 0.6 is 0 Å². The van der Waals surface area contributed by atoms with E-state index >= 15 is 0 Å². The maximum atomic E-state index is 6.05. The van der Waals surface area contributed by atoms with Crippen molar-refractivity contribution in [3.63, 3.8) is 0 Å². The van der Waals surface area contributed by atoms with Gasteiger partial charge in [-0.15, -0.1) is 0 Å². The van der Waals surface area contributed by atoms with Crippen molar-refractivity contribution in [2.75, 3.05) is 18.9 Å². The molecule has 0 bridgehead atoms. The van der Waals surface area contributed by atoms with Gasteiger partial charge in [0.1, 0.15) is 28.2 Å². The molecule has 1 aliphatic heterocycles. The predicted octanol–water partition coefficient (Wildman–Crippen LogP) is 1.93. The smallest absolute Gasteiger partial charge is 0.292 e. The fraction of sp³-hybridized carbons (Fsp3) is 0.400. The summed E-state index contributed by atoms with van der Waals surface area (Å²) >= 11 is 0. The van der Waals surface area contributed by atoms with E-state index in [2.05, 4.69) is 15.6 Å². The van der Waals surface area contributed by atoms with E-state index in [9.17, 15) is 0 Å². The summed E-state index contributed by atoms with van der Waals surface area (Å²) in [4.78, 5) is 9.26. The zero-order valence-corrected chi connectivity index (χ0v) is 15.3. The molecule has 0 amide bonds. The van der Waals surface area contributed by atoms with E-state index in [0.29, 0.717) is 6.61 Å². The number of nitrogens with two attached hydrogens (primary N) is 1. The number of hydrogen-bond donors (Lipinski definition) is 1. The molecular weight excluding hydrogens is 344 g/mol. The fourth-order valence-electron chi connectivity index (χ4n) is 3.95. The first-order valence-corrected chi connectivity index (χ1v) is 9.47. The number of fused-ring (bicyclic) bond motifs is 1. The fourth-order valence-corrected chi connectivity index (χ4v) is 3.95. The van der Waals surface area contributed by atoms with Gasteiger partial charge in [0.2, 0.25) is 0 Å². The number of benzene rings is 1. The molecule has 2 aromatic heterocycles. The molecule has 0 saturated carbocycles. The average molecular weight is 366 g/mol. The van der Waals surface area contributed by atoms with Gasteiger partial charge in [-0.1, -0.05) is 0 Å². The zero-order valence-electron chi connectivity index (χ0n) is 15.3. The van der Waals surface area contributed by atoms with E-state index in [1.54, 1.807) is 0 Å². The maximum absolute atomic E-state index is 6.05. The molecule has 0 saturated heterocycles. The van der Waals surface area contributed by atoms with E-state index in [1.165, 1.54) is 0 Å². The van der Waals surface area contributed by atoms with Crippen LogP contribution in [-0.2, 0) is 6.54 Å². The molecule has 2 aliphatic rings. The Morgan fingerprint density at radius 1 is 1.30 bits per heavy atom. The Hall–Kier alpha value is -2.96. The lowest BCUT2D eigenvalue weighted by molar-refractivity contribution is 0.293. The number of aryl methyl sites for hydroxylation is 1. The molecule has 0 spiro atoms. The van der Waals surface area contributed by atoms with Gasteiger partial charge in [0.25, 0.3) is 6.01 Å². The summed E-state index contributed by atoms with van der Waals surface area (Å²) in [6.07, 6.45) is 7.02. The SMILES string of the molecule is CCOc1cc2c3c(c1)nc(C1C=c4nc(N)oc4=CC1)n3CCCCO2. The molecular formula is C20H22N4O3. The number of nitrogen functional groups attached to an aromatic ring is 1. The summed E-state index contributed by atoms with van der Waals surface area (Å²) in [5.41, 5.74) is 8.41. The van der Waals surface area contributed by atoms with E-state index in [1.807, 2.05) is 25.1 Å². The summed E-state index contributed by atoms with van der Waals surface area (Å²) < 4.78 is 19.5. The highest BCUT2D eigenvalue weighted by molar-refractivity contribution is 5.85. The monoisotopic (exact) mass is 366 g/mol. The largest absolute Gasteiger partial charge is 0.494 e. The standard InChI is InChI=1S/C20H22N4O3/c1-2-25-13-10-15-18-17(11-13)26-8-4-3-7-24(18)19(22-15)12-5-6-16-14(9-12)23-20(21)27-16/h6,9-12H,2-5,7-8H2,1H3,(H2,21,23). The Morgan fingerprint density at radius 2 is 2.22 bits per heavy atom. The van der Waals surface area contributed by atoms with Crippen LogP contribution in [0.5, 0.6) is 11.5 Å². The minimum atomic E-state index is 0.122. The highest BCUT2D eigenvalue weighted by atomic mass is 16.5. The lowest BCUT2D eigenvalue weighted by Crippen LogP contribution is -2.27. The number of rotatable bonds is 3. The lowest BCUT2D eigenvalue weighted by atomic mass is 10.0. The van der Waals surface area contributed by atoms with Crippen molar-refractivity contribution >= 4 is 29.2 Å². The van der Waals surface area contributed by atoms with Crippen LogP contribution in [0, 0.1) is 0 Å². The van der Waals surface area contributed by atoms with E-state index in [0.717, 1.165) is 71.5 Å². The first kappa shape index (κ1) is 16.2. The van der Waals surface area contributed by atoms with Gasteiger partial charge in [-0.25, -0.2) is 4.98 Å². The van der Waals surface area contributed by atoms with Gasteiger partial charge in [-0.05, 0) is 38.3 Å². The topological polar surface area (TPSA) is 88.3 Å². The average Bonchev–Trinajstić information content (AvgIpc) is 3.18. The Morgan fingerprint density at radius 3 is 3.11 bits per heavy atom. The van der Waals surface area contributed by atoms with Crippen LogP contribution in [0.1, 0.15) is 37.9 Å². The van der Waals surface area contributed by atoms with Gasteiger partial charge in [-0.3, -0.25) is 0 Å². The molecule has 1 unspecified atom stereocenters. The molecule has 1 atom stereocenters. The van der Waals surface area contributed by atoms with Crippen LogP contribution in [0.15, 0.2) is 16.5 Å². The maximum Gasteiger partial charge on any atom is 0.292 e. The summed E-state index contributed by atoms with van der Waals surface area (Å²) in [6, 6.07) is 4.18. The zero-order chi connectivity index (χ0) is 18.4. The summed E-state index contributed by atoms with van der Waals surface area (Å²) in [7, 11) is 0. The van der Waals surface area contributed by atoms with Gasteiger partial charge in [0.15, 0.2) is 5.42 Å². The molecule has 140 valence electrons. The second-order valence-corrected chi connectivity index (χ2v) is 6.91. The second kappa shape index (κ2) is 6.33. The molecule has 0 fully saturated rings. The number of hydrogen-bond acceptors (Lipinski definition) is 6. The quantitative estimate of drug-likeness (QED) is 0.762. The van der Waals surface area contributed by atoms with Crippen molar-refractivity contribution in [2.24, 2.45) is 0 Å². The third kappa shape index (κ3) is 2.74. The lowest BCUT2D eigenvalue weighted by Gasteiger charge is -2.19. The van der Waals surface area contributed by atoms with Crippen molar-refractivity contribution in [3.8, 4) is 11.5 Å². The van der Waals surface area contributed by atoms with Crippen molar-refractivity contribution in [1.82, 2.24) is 14.5 Å². The van der Waals surface area contributed by atoms with Crippen molar-refractivity contribution in [1.29, 1.82) is 0 Å². The molecule has 5 rings (SSSR count). The first-order chi connectivity index (χ1) is 13.2. The van der Waals surface area contributed by atoms with E-state index in [-0.39, 0.29) is 11.9 Å². The third-order valence-electron chi connectivity index (χ3n) is 5.10. The number of nitrogens with zero attached hydrogens (tertiary/aromatic N) is 3. The van der Waals surface area contributed by atoms with Crippen LogP contribution in [0.3, 0.4) is 0 Å². The molecule has 2 N–H and O–H groups in total. The van der Waals surface area contributed by atoms with Gasteiger partial charge >= 0.3 is 0 Å². The molecule has 27 heavy (non-hydrogen) atoms. The summed E-state index contributed by atoms with van der Waals surface area (Å²) in [5.74, 6) is 2.79. The first-order valence-electron chi connectivity index (χ1n) is 9.47. The number of imidazole rings is 1. The van der Waals surface area contributed by atoms with Crippen molar-refractivity contribution in [2.45, 2.75) is 38.6 Å².